The van der Waals surface area contributed by atoms with Gasteiger partial charge in [0.25, 0.3) is 0 Å². The third kappa shape index (κ3) is 2.43. The number of carbonyl (C=O) groups excluding carboxylic acids is 1. The van der Waals surface area contributed by atoms with E-state index in [0.29, 0.717) is 12.5 Å². The summed E-state index contributed by atoms with van der Waals surface area (Å²) in [6.45, 7) is 2.93. The molecule has 0 saturated carbocycles. The third-order valence-corrected chi connectivity index (χ3v) is 4.35. The van der Waals surface area contributed by atoms with Gasteiger partial charge in [-0.3, -0.25) is 10.1 Å². The number of hydrogen-bond donors (Lipinski definition) is 1. The SMILES string of the molecule is O=C1CNC(c2ccsc2)N1CC1CCCOC1. The van der Waals surface area contributed by atoms with Crippen LogP contribution in [0.15, 0.2) is 16.8 Å². The summed E-state index contributed by atoms with van der Waals surface area (Å²) in [4.78, 5) is 14.0. The fourth-order valence-corrected chi connectivity index (χ4v) is 3.38. The number of hydrogen-bond acceptors (Lipinski definition) is 4. The van der Waals surface area contributed by atoms with Crippen LogP contribution in [0.5, 0.6) is 0 Å². The second-order valence-electron chi connectivity index (χ2n) is 4.97. The van der Waals surface area contributed by atoms with E-state index in [1.165, 1.54) is 12.0 Å². The topological polar surface area (TPSA) is 41.6 Å². The largest absolute Gasteiger partial charge is 0.381 e. The van der Waals surface area contributed by atoms with Gasteiger partial charge in [0.15, 0.2) is 0 Å². The number of amides is 1. The summed E-state index contributed by atoms with van der Waals surface area (Å²) in [7, 11) is 0. The van der Waals surface area contributed by atoms with E-state index in [9.17, 15) is 4.79 Å². The van der Waals surface area contributed by atoms with E-state index in [-0.39, 0.29) is 12.1 Å². The standard InChI is InChI=1S/C13H18N2O2S/c16-12-6-14-13(11-3-5-18-9-11)15(12)7-10-2-1-4-17-8-10/h3,5,9-10,13-14H,1-2,4,6-8H2. The molecule has 2 aliphatic rings. The Labute approximate surface area is 111 Å². The lowest BCUT2D eigenvalue weighted by atomic mass is 10.0. The summed E-state index contributed by atoms with van der Waals surface area (Å²) in [5.74, 6) is 0.695. The van der Waals surface area contributed by atoms with E-state index in [0.717, 1.165) is 26.2 Å². The van der Waals surface area contributed by atoms with Crippen molar-refractivity contribution in [3.63, 3.8) is 0 Å². The molecule has 98 valence electrons. The summed E-state index contributed by atoms with van der Waals surface area (Å²) in [5, 5.41) is 7.46. The van der Waals surface area contributed by atoms with Gasteiger partial charge in [0.1, 0.15) is 6.17 Å². The zero-order valence-corrected chi connectivity index (χ0v) is 11.1. The Bertz CT molecular complexity index is 401. The molecule has 1 aromatic rings. The Morgan fingerprint density at radius 2 is 2.50 bits per heavy atom. The first-order valence-electron chi connectivity index (χ1n) is 6.47. The Kier molecular flexibility index (Phi) is 3.63. The van der Waals surface area contributed by atoms with Crippen molar-refractivity contribution in [1.29, 1.82) is 0 Å². The molecule has 2 atom stereocenters. The quantitative estimate of drug-likeness (QED) is 0.903. The predicted molar refractivity (Wildman–Crippen MR) is 70.3 cm³/mol. The molecule has 2 unspecified atom stereocenters. The number of rotatable bonds is 3. The minimum atomic E-state index is 0.0608. The van der Waals surface area contributed by atoms with E-state index in [2.05, 4.69) is 22.1 Å². The Morgan fingerprint density at radius 1 is 1.56 bits per heavy atom. The maximum absolute atomic E-state index is 12.0. The molecule has 2 saturated heterocycles. The molecule has 18 heavy (non-hydrogen) atoms. The zero-order valence-electron chi connectivity index (χ0n) is 10.3. The van der Waals surface area contributed by atoms with Gasteiger partial charge in [-0.1, -0.05) is 0 Å². The summed E-state index contributed by atoms with van der Waals surface area (Å²) in [6.07, 6.45) is 2.34. The maximum Gasteiger partial charge on any atom is 0.238 e. The molecule has 0 spiro atoms. The van der Waals surface area contributed by atoms with Gasteiger partial charge in [-0.2, -0.15) is 11.3 Å². The number of ether oxygens (including phenoxy) is 1. The summed E-state index contributed by atoms with van der Waals surface area (Å²) in [5.41, 5.74) is 1.20. The molecule has 0 radical (unpaired) electrons. The molecule has 2 aliphatic heterocycles. The highest BCUT2D eigenvalue weighted by molar-refractivity contribution is 7.07. The predicted octanol–water partition coefficient (Wildman–Crippen LogP) is 1.61. The molecule has 5 heteroatoms. The van der Waals surface area contributed by atoms with Crippen LogP contribution in [0.1, 0.15) is 24.6 Å². The fourth-order valence-electron chi connectivity index (χ4n) is 2.70. The first-order valence-corrected chi connectivity index (χ1v) is 7.41. The maximum atomic E-state index is 12.0. The van der Waals surface area contributed by atoms with Crippen molar-refractivity contribution >= 4 is 17.2 Å². The number of thiophene rings is 1. The van der Waals surface area contributed by atoms with Crippen molar-refractivity contribution in [3.8, 4) is 0 Å². The second-order valence-corrected chi connectivity index (χ2v) is 5.75. The Morgan fingerprint density at radius 3 is 3.22 bits per heavy atom. The molecule has 4 nitrogen and oxygen atoms in total. The second kappa shape index (κ2) is 5.38. The normalized spacial score (nSPS) is 28.9. The average molecular weight is 266 g/mol. The lowest BCUT2D eigenvalue weighted by Crippen LogP contribution is -2.37. The molecule has 1 aromatic heterocycles. The van der Waals surface area contributed by atoms with Crippen LogP contribution in [0.3, 0.4) is 0 Å². The highest BCUT2D eigenvalue weighted by Crippen LogP contribution is 2.26. The zero-order chi connectivity index (χ0) is 12.4. The summed E-state index contributed by atoms with van der Waals surface area (Å²) >= 11 is 1.67. The Balaban J connectivity index is 1.69. The third-order valence-electron chi connectivity index (χ3n) is 3.65. The minimum Gasteiger partial charge on any atom is -0.381 e. The first kappa shape index (κ1) is 12.1. The van der Waals surface area contributed by atoms with Crippen LogP contribution >= 0.6 is 11.3 Å². The average Bonchev–Trinajstić information content (AvgIpc) is 3.02. The van der Waals surface area contributed by atoms with Crippen molar-refractivity contribution in [2.75, 3.05) is 26.3 Å². The molecule has 1 N–H and O–H groups in total. The number of nitrogens with one attached hydrogen (secondary N) is 1. The minimum absolute atomic E-state index is 0.0608. The van der Waals surface area contributed by atoms with Gasteiger partial charge >= 0.3 is 0 Å². The number of nitrogens with zero attached hydrogens (tertiary/aromatic N) is 1. The van der Waals surface area contributed by atoms with Crippen LogP contribution in [0, 0.1) is 5.92 Å². The lowest BCUT2D eigenvalue weighted by Gasteiger charge is -2.30. The van der Waals surface area contributed by atoms with Crippen LogP contribution in [0.25, 0.3) is 0 Å². The Hall–Kier alpha value is -0.910. The van der Waals surface area contributed by atoms with Crippen molar-refractivity contribution < 1.29 is 9.53 Å². The molecule has 0 aromatic carbocycles. The van der Waals surface area contributed by atoms with Gasteiger partial charge in [-0.15, -0.1) is 0 Å². The van der Waals surface area contributed by atoms with E-state index in [1.807, 2.05) is 4.90 Å². The van der Waals surface area contributed by atoms with Crippen molar-refractivity contribution in [1.82, 2.24) is 10.2 Å². The van der Waals surface area contributed by atoms with Crippen molar-refractivity contribution in [2.45, 2.75) is 19.0 Å². The van der Waals surface area contributed by atoms with Crippen LogP contribution in [-0.4, -0.2) is 37.1 Å². The highest BCUT2D eigenvalue weighted by Gasteiger charge is 2.33. The van der Waals surface area contributed by atoms with Crippen molar-refractivity contribution in [2.24, 2.45) is 5.92 Å². The van der Waals surface area contributed by atoms with Crippen LogP contribution in [-0.2, 0) is 9.53 Å². The summed E-state index contributed by atoms with van der Waals surface area (Å²) in [6, 6.07) is 2.09. The van der Waals surface area contributed by atoms with Gasteiger partial charge in [-0.25, -0.2) is 0 Å². The molecule has 0 aliphatic carbocycles. The molecular weight excluding hydrogens is 248 g/mol. The highest BCUT2D eigenvalue weighted by atomic mass is 32.1. The van der Waals surface area contributed by atoms with E-state index < -0.39 is 0 Å². The van der Waals surface area contributed by atoms with Gasteiger partial charge in [0.05, 0.1) is 13.2 Å². The monoisotopic (exact) mass is 266 g/mol. The molecule has 0 bridgehead atoms. The fraction of sp³-hybridized carbons (Fsp3) is 0.615. The van der Waals surface area contributed by atoms with Crippen LogP contribution in [0.4, 0.5) is 0 Å². The van der Waals surface area contributed by atoms with Gasteiger partial charge in [0.2, 0.25) is 5.91 Å². The summed E-state index contributed by atoms with van der Waals surface area (Å²) < 4.78 is 5.50. The lowest BCUT2D eigenvalue weighted by molar-refractivity contribution is -0.129. The van der Waals surface area contributed by atoms with E-state index >= 15 is 0 Å². The van der Waals surface area contributed by atoms with E-state index in [1.54, 1.807) is 11.3 Å². The molecular formula is C13H18N2O2S. The van der Waals surface area contributed by atoms with Gasteiger partial charge in [0, 0.05) is 19.1 Å². The van der Waals surface area contributed by atoms with Gasteiger partial charge < -0.3 is 9.64 Å². The molecule has 2 fully saturated rings. The molecule has 1 amide bonds. The molecule has 3 heterocycles. The number of carbonyl (C=O) groups is 1. The van der Waals surface area contributed by atoms with Crippen LogP contribution < -0.4 is 5.32 Å². The van der Waals surface area contributed by atoms with Crippen LogP contribution in [0.2, 0.25) is 0 Å². The first-order chi connectivity index (χ1) is 8.84. The van der Waals surface area contributed by atoms with E-state index in [4.69, 9.17) is 4.74 Å². The van der Waals surface area contributed by atoms with Crippen molar-refractivity contribution in [3.05, 3.63) is 22.4 Å². The smallest absolute Gasteiger partial charge is 0.238 e. The van der Waals surface area contributed by atoms with Gasteiger partial charge in [-0.05, 0) is 35.2 Å². The molecule has 3 rings (SSSR count).